The zero-order valence-electron chi connectivity index (χ0n) is 15.6. The van der Waals surface area contributed by atoms with Gasteiger partial charge in [-0.15, -0.1) is 11.8 Å². The first-order chi connectivity index (χ1) is 13.5. The normalized spacial score (nSPS) is 11.5. The molecule has 2 heterocycles. The lowest BCUT2D eigenvalue weighted by Crippen LogP contribution is -2.36. The van der Waals surface area contributed by atoms with Gasteiger partial charge in [0.1, 0.15) is 10.4 Å². The Morgan fingerprint density at radius 2 is 1.79 bits per heavy atom. The molecule has 0 fully saturated rings. The molecule has 2 aromatic heterocycles. The van der Waals surface area contributed by atoms with Crippen molar-refractivity contribution in [2.75, 3.05) is 12.4 Å². The Bertz CT molecular complexity index is 1300. The first-order valence-electron chi connectivity index (χ1n) is 8.89. The zero-order chi connectivity index (χ0) is 19.8. The highest BCUT2D eigenvalue weighted by Crippen LogP contribution is 2.27. The van der Waals surface area contributed by atoms with Gasteiger partial charge in [-0.3, -0.25) is 18.6 Å². The summed E-state index contributed by atoms with van der Waals surface area (Å²) in [7, 11) is 3.08. The average molecular weight is 396 g/mol. The van der Waals surface area contributed by atoms with E-state index in [-0.39, 0.29) is 12.2 Å². The molecule has 4 aromatic rings. The zero-order valence-corrected chi connectivity index (χ0v) is 16.4. The molecule has 1 N–H and O–H groups in total. The van der Waals surface area contributed by atoms with Gasteiger partial charge in [0.15, 0.2) is 5.65 Å². The van der Waals surface area contributed by atoms with E-state index in [1.165, 1.54) is 23.4 Å². The minimum Gasteiger partial charge on any atom is -0.396 e. The van der Waals surface area contributed by atoms with Crippen LogP contribution in [0.1, 0.15) is 5.56 Å². The lowest BCUT2D eigenvalue weighted by Gasteiger charge is -2.09. The molecule has 144 valence electrons. The number of aromatic nitrogens is 4. The van der Waals surface area contributed by atoms with Gasteiger partial charge in [-0.05, 0) is 16.3 Å². The van der Waals surface area contributed by atoms with E-state index in [0.29, 0.717) is 28.4 Å². The number of nitrogens with zero attached hydrogens (tertiary/aromatic N) is 4. The second-order valence-corrected chi connectivity index (χ2v) is 7.66. The molecule has 4 rings (SSSR count). The highest BCUT2D eigenvalue weighted by molar-refractivity contribution is 7.99. The maximum absolute atomic E-state index is 12.8. The lowest BCUT2D eigenvalue weighted by atomic mass is 10.0. The molecule has 2 aromatic carbocycles. The summed E-state index contributed by atoms with van der Waals surface area (Å²) in [6.07, 6.45) is 0. The fraction of sp³-hybridized carbons (Fsp3) is 0.250. The molecule has 0 aliphatic carbocycles. The summed E-state index contributed by atoms with van der Waals surface area (Å²) in [5.41, 5.74) is 0.640. The molecule has 0 spiro atoms. The Kier molecular flexibility index (Phi) is 4.82. The molecule has 0 saturated heterocycles. The van der Waals surface area contributed by atoms with Crippen molar-refractivity contribution in [2.45, 2.75) is 11.6 Å². The minimum atomic E-state index is -0.411. The van der Waals surface area contributed by atoms with E-state index in [9.17, 15) is 14.7 Å². The van der Waals surface area contributed by atoms with Gasteiger partial charge in [0.05, 0.1) is 13.2 Å². The summed E-state index contributed by atoms with van der Waals surface area (Å²) in [5, 5.41) is 17.2. The second kappa shape index (κ2) is 7.29. The predicted octanol–water partition coefficient (Wildman–Crippen LogP) is 1.72. The second-order valence-electron chi connectivity index (χ2n) is 6.58. The Hall–Kier alpha value is -2.84. The topological polar surface area (TPSA) is 82.1 Å². The number of fused-ring (bicyclic) bond motifs is 2. The summed E-state index contributed by atoms with van der Waals surface area (Å²) in [6.45, 7) is 0.443. The number of thioether (sulfide) groups is 1. The van der Waals surface area contributed by atoms with Crippen LogP contribution in [0.4, 0.5) is 0 Å². The van der Waals surface area contributed by atoms with Crippen LogP contribution < -0.4 is 11.2 Å². The molecule has 28 heavy (non-hydrogen) atoms. The van der Waals surface area contributed by atoms with Crippen LogP contribution >= 0.6 is 11.8 Å². The third-order valence-electron chi connectivity index (χ3n) is 4.83. The van der Waals surface area contributed by atoms with E-state index >= 15 is 0 Å². The lowest BCUT2D eigenvalue weighted by molar-refractivity contribution is 0.322. The van der Waals surface area contributed by atoms with Crippen molar-refractivity contribution in [1.29, 1.82) is 0 Å². The van der Waals surface area contributed by atoms with Crippen molar-refractivity contribution >= 4 is 33.6 Å². The van der Waals surface area contributed by atoms with Crippen molar-refractivity contribution in [3.63, 3.8) is 0 Å². The van der Waals surface area contributed by atoms with Gasteiger partial charge in [0, 0.05) is 19.8 Å². The maximum atomic E-state index is 12.8. The number of aliphatic hydroxyl groups excluding tert-OH is 1. The number of benzene rings is 2. The van der Waals surface area contributed by atoms with Crippen molar-refractivity contribution in [3.8, 4) is 0 Å². The maximum Gasteiger partial charge on any atom is 0.332 e. The van der Waals surface area contributed by atoms with Crippen LogP contribution in [0, 0.1) is 0 Å². The largest absolute Gasteiger partial charge is 0.396 e. The molecular formula is C20H20N4O3S. The first kappa shape index (κ1) is 18.5. The molecule has 0 aliphatic rings. The van der Waals surface area contributed by atoms with Crippen LogP contribution in [0.25, 0.3) is 21.8 Å². The van der Waals surface area contributed by atoms with Crippen LogP contribution in [0.2, 0.25) is 0 Å². The number of aliphatic hydroxyl groups is 1. The van der Waals surface area contributed by atoms with Gasteiger partial charge in [-0.1, -0.05) is 42.5 Å². The molecule has 7 nitrogen and oxygen atoms in total. The number of hydrogen-bond acceptors (Lipinski definition) is 5. The summed E-state index contributed by atoms with van der Waals surface area (Å²) in [4.78, 5) is 25.1. The number of rotatable bonds is 5. The fourth-order valence-corrected chi connectivity index (χ4v) is 4.28. The van der Waals surface area contributed by atoms with E-state index in [4.69, 9.17) is 0 Å². The minimum absolute atomic E-state index is 0.0162. The third-order valence-corrected chi connectivity index (χ3v) is 5.90. The van der Waals surface area contributed by atoms with Gasteiger partial charge < -0.3 is 5.11 Å². The molecule has 0 bridgehead atoms. The Morgan fingerprint density at radius 1 is 1.04 bits per heavy atom. The quantitative estimate of drug-likeness (QED) is 0.520. The Balaban J connectivity index is 1.95. The van der Waals surface area contributed by atoms with Crippen molar-refractivity contribution in [2.24, 2.45) is 14.1 Å². The summed E-state index contributed by atoms with van der Waals surface area (Å²) < 4.78 is 4.24. The van der Waals surface area contributed by atoms with Crippen molar-refractivity contribution < 1.29 is 5.11 Å². The first-order valence-corrected chi connectivity index (χ1v) is 9.88. The van der Waals surface area contributed by atoms with Crippen molar-refractivity contribution in [1.82, 2.24) is 18.9 Å². The van der Waals surface area contributed by atoms with Crippen LogP contribution in [-0.4, -0.2) is 36.4 Å². The van der Waals surface area contributed by atoms with Gasteiger partial charge in [0.25, 0.3) is 5.56 Å². The average Bonchev–Trinajstić information content (AvgIpc) is 3.07. The van der Waals surface area contributed by atoms with Gasteiger partial charge in [-0.25, -0.2) is 4.79 Å². The highest BCUT2D eigenvalue weighted by atomic mass is 32.2. The smallest absolute Gasteiger partial charge is 0.332 e. The third kappa shape index (κ3) is 2.94. The Labute approximate surface area is 164 Å². The molecule has 0 atom stereocenters. The van der Waals surface area contributed by atoms with Crippen LogP contribution in [0.15, 0.2) is 57.1 Å². The standard InChI is InChI=1S/C20H20N4O3S/c1-22-17-16(18(26)23(2)20(22)27)19(28-11-10-25)24(21-17)12-14-8-5-7-13-6-3-4-9-15(13)14/h3-9,25H,10-12H2,1-2H3. The molecule has 0 saturated carbocycles. The van der Waals surface area contributed by atoms with E-state index < -0.39 is 5.69 Å². The summed E-state index contributed by atoms with van der Waals surface area (Å²) in [5.74, 6) is 0.433. The van der Waals surface area contributed by atoms with E-state index in [2.05, 4.69) is 23.3 Å². The number of hydrogen-bond donors (Lipinski definition) is 1. The van der Waals surface area contributed by atoms with Gasteiger partial charge in [0.2, 0.25) is 0 Å². The predicted molar refractivity (Wildman–Crippen MR) is 111 cm³/mol. The van der Waals surface area contributed by atoms with E-state index in [0.717, 1.165) is 20.9 Å². The molecule has 0 unspecified atom stereocenters. The van der Waals surface area contributed by atoms with Crippen LogP contribution in [0.3, 0.4) is 0 Å². The van der Waals surface area contributed by atoms with E-state index in [1.54, 1.807) is 11.7 Å². The van der Waals surface area contributed by atoms with Crippen molar-refractivity contribution in [3.05, 3.63) is 68.9 Å². The molecule has 0 aliphatic heterocycles. The van der Waals surface area contributed by atoms with E-state index in [1.807, 2.05) is 24.3 Å². The van der Waals surface area contributed by atoms with Gasteiger partial charge in [-0.2, -0.15) is 5.10 Å². The summed E-state index contributed by atoms with van der Waals surface area (Å²) in [6, 6.07) is 14.2. The molecular weight excluding hydrogens is 376 g/mol. The number of aryl methyl sites for hydroxylation is 1. The summed E-state index contributed by atoms with van der Waals surface area (Å²) >= 11 is 1.37. The monoisotopic (exact) mass is 396 g/mol. The molecule has 8 heteroatoms. The fourth-order valence-electron chi connectivity index (χ4n) is 3.41. The molecule has 0 radical (unpaired) electrons. The van der Waals surface area contributed by atoms with Crippen LogP contribution in [-0.2, 0) is 20.6 Å². The van der Waals surface area contributed by atoms with Gasteiger partial charge >= 0.3 is 5.69 Å². The SMILES string of the molecule is Cn1c(=O)c2c(SCCO)n(Cc3cccc4ccccc34)nc2n(C)c1=O. The van der Waals surface area contributed by atoms with Crippen LogP contribution in [0.5, 0.6) is 0 Å². The molecule has 0 amide bonds. The highest BCUT2D eigenvalue weighted by Gasteiger charge is 2.20. The Morgan fingerprint density at radius 3 is 2.57 bits per heavy atom.